The van der Waals surface area contributed by atoms with Crippen LogP contribution in [0.15, 0.2) is 0 Å². The Labute approximate surface area is 360 Å². The highest BCUT2D eigenvalue weighted by Gasteiger charge is 2.50. The Hall–Kier alpha value is -3.62. The molecule has 11 unspecified atom stereocenters. The molecule has 5 amide bonds. The van der Waals surface area contributed by atoms with Gasteiger partial charge in [0.2, 0.25) is 29.5 Å². The monoisotopic (exact) mass is 914 g/mol. The summed E-state index contributed by atoms with van der Waals surface area (Å²) in [5, 5.41) is 104. The van der Waals surface area contributed by atoms with Crippen molar-refractivity contribution in [2.24, 2.45) is 5.73 Å². The van der Waals surface area contributed by atoms with E-state index in [1.807, 2.05) is 0 Å². The van der Waals surface area contributed by atoms with E-state index in [1.165, 1.54) is 13.8 Å². The van der Waals surface area contributed by atoms with E-state index in [9.17, 15) is 74.7 Å². The molecule has 362 valence electrons. The summed E-state index contributed by atoms with van der Waals surface area (Å²) in [6.45, 7) is 3.70. The predicted molar refractivity (Wildman–Crippen MR) is 206 cm³/mol. The van der Waals surface area contributed by atoms with E-state index in [2.05, 4.69) is 26.6 Å². The molecular weight excluding hydrogens is 852 g/mol. The lowest BCUT2D eigenvalue weighted by Gasteiger charge is -2.44. The number of aliphatic hydroxyl groups excluding tert-OH is 9. The van der Waals surface area contributed by atoms with E-state index in [-0.39, 0.29) is 0 Å². The van der Waals surface area contributed by atoms with E-state index in [0.717, 1.165) is 27.7 Å². The van der Waals surface area contributed by atoms with Gasteiger partial charge >= 0.3 is 0 Å². The zero-order valence-electron chi connectivity index (χ0n) is 35.4. The number of rotatable bonds is 20. The van der Waals surface area contributed by atoms with Gasteiger partial charge in [-0.15, -0.1) is 0 Å². The summed E-state index contributed by atoms with van der Waals surface area (Å²) in [6.07, 6.45) is -22.3. The Kier molecular flexibility index (Phi) is 20.5. The molecular formula is C36H62N6O21. The van der Waals surface area contributed by atoms with Gasteiger partial charge in [0, 0.05) is 20.8 Å². The van der Waals surface area contributed by atoms with Crippen LogP contribution in [0.25, 0.3) is 0 Å². The summed E-state index contributed by atoms with van der Waals surface area (Å²) in [6, 6.07) is -9.53. The fraction of sp³-hybridized carbons (Fsp3) is 0.833. The third kappa shape index (κ3) is 13.9. The van der Waals surface area contributed by atoms with E-state index >= 15 is 0 Å². The molecule has 0 radical (unpaired) electrons. The van der Waals surface area contributed by atoms with Crippen molar-refractivity contribution in [3.05, 3.63) is 0 Å². The van der Waals surface area contributed by atoms with Gasteiger partial charge in [-0.1, -0.05) is 0 Å². The molecule has 27 nitrogen and oxygen atoms in total. The molecule has 0 aromatic carbocycles. The van der Waals surface area contributed by atoms with Crippen molar-refractivity contribution < 1.29 is 103 Å². The van der Waals surface area contributed by atoms with Gasteiger partial charge in [0.15, 0.2) is 24.7 Å². The lowest BCUT2D eigenvalue weighted by Crippen LogP contribution is -2.67. The number of amides is 5. The summed E-state index contributed by atoms with van der Waals surface area (Å²) < 4.78 is 34.1. The molecule has 63 heavy (non-hydrogen) atoms. The SMILES string of the molecule is CC(=O)NC1[C@@H](OCC(N)C(=O)NC(C(=O)NC(C(C)=O)C(C)O[C@H]2OC(CO)[C@H](O)[C@H](O)C2NC(C)=O)C(C)O[C@H]2OC(CO)[C@H](O)[C@H](O)C2NC(C)=O)OC(CO)[C@H](O)[C@@H]1O. The van der Waals surface area contributed by atoms with Crippen LogP contribution in [-0.2, 0) is 57.2 Å². The largest absolute Gasteiger partial charge is 0.394 e. The molecule has 0 spiro atoms. The average molecular weight is 915 g/mol. The summed E-state index contributed by atoms with van der Waals surface area (Å²) in [5.41, 5.74) is 6.13. The van der Waals surface area contributed by atoms with Gasteiger partial charge in [0.05, 0.1) is 38.6 Å². The molecule has 3 aliphatic heterocycles. The number of carbonyl (C=O) groups is 6. The summed E-state index contributed by atoms with van der Waals surface area (Å²) >= 11 is 0. The average Bonchev–Trinajstić information content (AvgIpc) is 3.21. The maximum atomic E-state index is 14.2. The molecule has 3 heterocycles. The van der Waals surface area contributed by atoms with E-state index in [0.29, 0.717) is 0 Å². The topological polar surface area (TPSA) is 426 Å². The number of nitrogens with one attached hydrogen (secondary N) is 5. The Morgan fingerprint density at radius 2 is 0.873 bits per heavy atom. The first-order valence-corrected chi connectivity index (χ1v) is 20.0. The van der Waals surface area contributed by atoms with Crippen molar-refractivity contribution in [2.75, 3.05) is 26.4 Å². The molecule has 3 saturated heterocycles. The van der Waals surface area contributed by atoms with Crippen LogP contribution >= 0.6 is 0 Å². The highest BCUT2D eigenvalue weighted by atomic mass is 16.7. The van der Waals surface area contributed by atoms with Crippen molar-refractivity contribution in [2.45, 2.75) is 164 Å². The van der Waals surface area contributed by atoms with Gasteiger partial charge < -0.3 is 107 Å². The van der Waals surface area contributed by atoms with Crippen molar-refractivity contribution in [1.29, 1.82) is 0 Å². The van der Waals surface area contributed by atoms with Gasteiger partial charge in [-0.05, 0) is 20.8 Å². The van der Waals surface area contributed by atoms with Crippen molar-refractivity contribution in [3.8, 4) is 0 Å². The molecule has 16 N–H and O–H groups in total. The number of aliphatic hydroxyl groups is 9. The minimum Gasteiger partial charge on any atom is -0.394 e. The third-order valence-electron chi connectivity index (χ3n) is 10.5. The van der Waals surface area contributed by atoms with Crippen LogP contribution in [-0.4, -0.2) is 230 Å². The minimum atomic E-state index is -1.88. The molecule has 3 fully saturated rings. The summed E-state index contributed by atoms with van der Waals surface area (Å²) in [4.78, 5) is 76.9. The van der Waals surface area contributed by atoms with Gasteiger partial charge in [0.25, 0.3) is 0 Å². The van der Waals surface area contributed by atoms with Crippen LogP contribution in [0.1, 0.15) is 41.5 Å². The number of hydrogen-bond acceptors (Lipinski definition) is 22. The second-order valence-electron chi connectivity index (χ2n) is 15.5. The van der Waals surface area contributed by atoms with E-state index < -0.39 is 184 Å². The van der Waals surface area contributed by atoms with Crippen molar-refractivity contribution in [3.63, 3.8) is 0 Å². The summed E-state index contributed by atoms with van der Waals surface area (Å²) in [7, 11) is 0. The molecule has 0 aromatic heterocycles. The van der Waals surface area contributed by atoms with E-state index in [4.69, 9.17) is 34.2 Å². The van der Waals surface area contributed by atoms with Gasteiger partial charge in [0.1, 0.15) is 91.2 Å². The van der Waals surface area contributed by atoms with Gasteiger partial charge in [-0.2, -0.15) is 0 Å². The van der Waals surface area contributed by atoms with Crippen LogP contribution in [0.4, 0.5) is 0 Å². The molecule has 0 aliphatic carbocycles. The fourth-order valence-electron chi connectivity index (χ4n) is 7.09. The maximum Gasteiger partial charge on any atom is 0.245 e. The smallest absolute Gasteiger partial charge is 0.245 e. The lowest BCUT2D eigenvalue weighted by molar-refractivity contribution is -0.282. The maximum absolute atomic E-state index is 14.2. The predicted octanol–water partition coefficient (Wildman–Crippen LogP) is -9.47. The Morgan fingerprint density at radius 1 is 0.540 bits per heavy atom. The normalized spacial score (nSPS) is 35.8. The highest BCUT2D eigenvalue weighted by Crippen LogP contribution is 2.26. The zero-order valence-corrected chi connectivity index (χ0v) is 35.4. The number of ketones is 1. The number of hydrogen-bond donors (Lipinski definition) is 15. The first-order valence-electron chi connectivity index (χ1n) is 20.0. The van der Waals surface area contributed by atoms with Gasteiger partial charge in [-0.3, -0.25) is 28.8 Å². The number of carbonyl (C=O) groups excluding carboxylic acids is 6. The highest BCUT2D eigenvalue weighted by molar-refractivity contribution is 5.93. The number of ether oxygens (including phenoxy) is 6. The number of nitrogens with two attached hydrogens (primary N) is 1. The van der Waals surface area contributed by atoms with Crippen molar-refractivity contribution in [1.82, 2.24) is 26.6 Å². The molecule has 0 aromatic rings. The Morgan fingerprint density at radius 3 is 1.22 bits per heavy atom. The number of Topliss-reactive ketones (excluding diaryl/α,β-unsaturated/α-hetero) is 1. The molecule has 0 saturated carbocycles. The third-order valence-corrected chi connectivity index (χ3v) is 10.5. The standard InChI is InChI=1S/C36H62N6O21/c1-11(46)21(12(2)59-35-24(39-15(5)48)30(54)27(51)19(8-44)62-35)41-33(57)22(13(3)60-36-25(40-16(6)49)31(55)28(52)20(9-45)63-36)42-32(56)17(37)10-58-34-23(38-14(4)47)29(53)26(50)18(7-43)61-34/h12-13,17-31,34-36,43-45,50-55H,7-10,37H2,1-6H3,(H,38,47)(H,39,48)(H,40,49)(H,41,57)(H,42,56)/t12?,13?,17?,18?,19?,20?,21?,22?,23?,24?,25?,26-,27-,28-,29+,30+,31+,34-,35-,36-/m0/s1. The first kappa shape index (κ1) is 53.7. The quantitative estimate of drug-likeness (QED) is 0.0539. The summed E-state index contributed by atoms with van der Waals surface area (Å²) in [5.74, 6) is -5.10. The molecule has 3 rings (SSSR count). The second kappa shape index (κ2) is 24.1. The molecule has 20 atom stereocenters. The Balaban J connectivity index is 1.93. The van der Waals surface area contributed by atoms with Crippen LogP contribution in [0.2, 0.25) is 0 Å². The van der Waals surface area contributed by atoms with Crippen molar-refractivity contribution >= 4 is 35.3 Å². The molecule has 27 heteroatoms. The zero-order chi connectivity index (χ0) is 47.6. The van der Waals surface area contributed by atoms with Crippen LogP contribution in [0.5, 0.6) is 0 Å². The fourth-order valence-corrected chi connectivity index (χ4v) is 7.09. The second-order valence-corrected chi connectivity index (χ2v) is 15.5. The first-order chi connectivity index (χ1) is 29.5. The minimum absolute atomic E-state index is 0.668. The lowest BCUT2D eigenvalue weighted by atomic mass is 9.96. The van der Waals surface area contributed by atoms with Gasteiger partial charge in [-0.25, -0.2) is 0 Å². The molecule has 0 bridgehead atoms. The Bertz CT molecular complexity index is 1570. The molecule has 3 aliphatic rings. The van der Waals surface area contributed by atoms with Crippen LogP contribution < -0.4 is 32.3 Å². The van der Waals surface area contributed by atoms with Crippen LogP contribution in [0, 0.1) is 0 Å². The van der Waals surface area contributed by atoms with E-state index in [1.54, 1.807) is 0 Å². The van der Waals surface area contributed by atoms with Crippen LogP contribution in [0.3, 0.4) is 0 Å².